The Hall–Kier alpha value is -1.82. The third-order valence-corrected chi connectivity index (χ3v) is 3.61. The highest BCUT2D eigenvalue weighted by molar-refractivity contribution is 5.41. The molecule has 0 radical (unpaired) electrons. The first-order valence-electron chi connectivity index (χ1n) is 7.77. The maximum absolute atomic E-state index is 3.92. The highest BCUT2D eigenvalue weighted by atomic mass is 14.1. The van der Waals surface area contributed by atoms with Crippen LogP contribution in [0.1, 0.15) is 44.7 Å². The normalized spacial score (nSPS) is 13.0. The van der Waals surface area contributed by atoms with Gasteiger partial charge in [0.15, 0.2) is 0 Å². The molecular formula is C21H28. The average molecular weight is 280 g/mol. The van der Waals surface area contributed by atoms with E-state index in [4.69, 9.17) is 0 Å². The zero-order valence-electron chi connectivity index (χ0n) is 13.9. The van der Waals surface area contributed by atoms with Gasteiger partial charge in [0.2, 0.25) is 0 Å². The van der Waals surface area contributed by atoms with Crippen LogP contribution in [0, 0.1) is 6.92 Å². The molecule has 0 unspecified atom stereocenters. The van der Waals surface area contributed by atoms with Gasteiger partial charge < -0.3 is 0 Å². The Labute approximate surface area is 130 Å². The van der Waals surface area contributed by atoms with Crippen LogP contribution in [0.2, 0.25) is 0 Å². The van der Waals surface area contributed by atoms with Crippen molar-refractivity contribution < 1.29 is 0 Å². The summed E-state index contributed by atoms with van der Waals surface area (Å²) < 4.78 is 0. The summed E-state index contributed by atoms with van der Waals surface area (Å²) in [6.45, 7) is 12.3. The SMILES string of the molecule is C=C(C)\C=C/C(=C\C)C(=C\C)/CCCc1ccc(C)cc1. The Kier molecular flexibility index (Phi) is 7.53. The molecule has 1 aromatic carbocycles. The molecule has 0 heteroatoms. The topological polar surface area (TPSA) is 0 Å². The van der Waals surface area contributed by atoms with Gasteiger partial charge in [-0.15, -0.1) is 0 Å². The van der Waals surface area contributed by atoms with Crippen LogP contribution in [0.15, 0.2) is 71.9 Å². The molecule has 0 saturated heterocycles. The van der Waals surface area contributed by atoms with Crippen LogP contribution in [0.4, 0.5) is 0 Å². The predicted octanol–water partition coefficient (Wildman–Crippen LogP) is 6.34. The van der Waals surface area contributed by atoms with Gasteiger partial charge in [-0.25, -0.2) is 0 Å². The first-order valence-corrected chi connectivity index (χ1v) is 7.77. The average Bonchev–Trinajstić information content (AvgIpc) is 2.47. The molecule has 0 nitrogen and oxygen atoms in total. The van der Waals surface area contributed by atoms with Gasteiger partial charge in [-0.3, -0.25) is 0 Å². The lowest BCUT2D eigenvalue weighted by Gasteiger charge is -2.09. The quantitative estimate of drug-likeness (QED) is 0.511. The lowest BCUT2D eigenvalue weighted by Crippen LogP contribution is -1.91. The van der Waals surface area contributed by atoms with Crippen molar-refractivity contribution in [1.29, 1.82) is 0 Å². The summed E-state index contributed by atoms with van der Waals surface area (Å²) in [4.78, 5) is 0. The second-order valence-corrected chi connectivity index (χ2v) is 5.58. The van der Waals surface area contributed by atoms with Gasteiger partial charge in [-0.05, 0) is 63.7 Å². The summed E-state index contributed by atoms with van der Waals surface area (Å²) in [5.74, 6) is 0. The minimum absolute atomic E-state index is 1.09. The Balaban J connectivity index is 2.58. The van der Waals surface area contributed by atoms with Crippen LogP contribution >= 0.6 is 0 Å². The molecule has 112 valence electrons. The van der Waals surface area contributed by atoms with Gasteiger partial charge in [0, 0.05) is 0 Å². The summed E-state index contributed by atoms with van der Waals surface area (Å²) in [5, 5.41) is 0. The molecule has 1 aromatic rings. The molecule has 0 N–H and O–H groups in total. The van der Waals surface area contributed by atoms with Gasteiger partial charge in [0.25, 0.3) is 0 Å². The lowest BCUT2D eigenvalue weighted by atomic mass is 9.97. The van der Waals surface area contributed by atoms with E-state index in [1.165, 1.54) is 28.7 Å². The van der Waals surface area contributed by atoms with Gasteiger partial charge in [-0.1, -0.05) is 66.3 Å². The third kappa shape index (κ3) is 6.44. The zero-order valence-corrected chi connectivity index (χ0v) is 13.9. The minimum atomic E-state index is 1.09. The number of benzene rings is 1. The molecule has 0 heterocycles. The first kappa shape index (κ1) is 17.2. The number of aryl methyl sites for hydroxylation is 2. The Bertz CT molecular complexity index is 536. The smallest absolute Gasteiger partial charge is 0.0270 e. The van der Waals surface area contributed by atoms with E-state index in [9.17, 15) is 0 Å². The Morgan fingerprint density at radius 3 is 2.24 bits per heavy atom. The molecule has 0 aliphatic rings. The fourth-order valence-electron chi connectivity index (χ4n) is 2.31. The summed E-state index contributed by atoms with van der Waals surface area (Å²) in [5.41, 5.74) is 6.57. The standard InChI is InChI=1S/C21H28/c1-6-20(21(7-2)16-11-17(3)4)10-8-9-19-14-12-18(5)13-15-19/h6-7,11-16H,3,8-10H2,1-2,4-5H3/b16-11-,20-6-,21-7+. The molecule has 0 atom stereocenters. The molecule has 0 aliphatic heterocycles. The highest BCUT2D eigenvalue weighted by Crippen LogP contribution is 2.19. The minimum Gasteiger partial charge on any atom is -0.0961 e. The molecule has 1 rings (SSSR count). The van der Waals surface area contributed by atoms with E-state index < -0.39 is 0 Å². The Morgan fingerprint density at radius 1 is 1.05 bits per heavy atom. The fraction of sp³-hybridized carbons (Fsp3) is 0.333. The monoisotopic (exact) mass is 280 g/mol. The zero-order chi connectivity index (χ0) is 15.7. The van der Waals surface area contributed by atoms with Gasteiger partial charge in [0.05, 0.1) is 0 Å². The maximum Gasteiger partial charge on any atom is -0.0270 e. The second kappa shape index (κ2) is 9.18. The van der Waals surface area contributed by atoms with Gasteiger partial charge in [-0.2, -0.15) is 0 Å². The molecule has 0 saturated carbocycles. The van der Waals surface area contributed by atoms with Crippen LogP contribution in [-0.4, -0.2) is 0 Å². The van der Waals surface area contributed by atoms with Gasteiger partial charge in [0.1, 0.15) is 0 Å². The lowest BCUT2D eigenvalue weighted by molar-refractivity contribution is 0.817. The molecule has 0 aromatic heterocycles. The van der Waals surface area contributed by atoms with Crippen molar-refractivity contribution in [3.05, 3.63) is 83.0 Å². The van der Waals surface area contributed by atoms with E-state index >= 15 is 0 Å². The highest BCUT2D eigenvalue weighted by Gasteiger charge is 2.01. The van der Waals surface area contributed by atoms with Crippen molar-refractivity contribution in [3.63, 3.8) is 0 Å². The van der Waals surface area contributed by atoms with Crippen LogP contribution < -0.4 is 0 Å². The molecule has 0 fully saturated rings. The summed E-state index contributed by atoms with van der Waals surface area (Å²) in [7, 11) is 0. The third-order valence-electron chi connectivity index (χ3n) is 3.61. The van der Waals surface area contributed by atoms with E-state index in [-0.39, 0.29) is 0 Å². The molecule has 21 heavy (non-hydrogen) atoms. The van der Waals surface area contributed by atoms with Crippen molar-refractivity contribution in [2.24, 2.45) is 0 Å². The number of allylic oxidation sites excluding steroid dienone is 7. The largest absolute Gasteiger partial charge is 0.0961 e. The molecule has 0 bridgehead atoms. The fourth-order valence-corrected chi connectivity index (χ4v) is 2.31. The molecular weight excluding hydrogens is 252 g/mol. The number of rotatable bonds is 7. The second-order valence-electron chi connectivity index (χ2n) is 5.58. The van der Waals surface area contributed by atoms with E-state index in [1.807, 2.05) is 6.92 Å². The van der Waals surface area contributed by atoms with Crippen molar-refractivity contribution in [2.45, 2.75) is 47.0 Å². The summed E-state index contributed by atoms with van der Waals surface area (Å²) in [6, 6.07) is 8.86. The summed E-state index contributed by atoms with van der Waals surface area (Å²) in [6.07, 6.45) is 12.1. The van der Waals surface area contributed by atoms with E-state index in [0.717, 1.165) is 18.4 Å². The molecule has 0 spiro atoms. The van der Waals surface area contributed by atoms with Gasteiger partial charge >= 0.3 is 0 Å². The van der Waals surface area contributed by atoms with Crippen molar-refractivity contribution in [3.8, 4) is 0 Å². The van der Waals surface area contributed by atoms with Crippen LogP contribution in [0.3, 0.4) is 0 Å². The van der Waals surface area contributed by atoms with E-state index in [2.05, 4.69) is 75.9 Å². The van der Waals surface area contributed by atoms with Crippen LogP contribution in [0.25, 0.3) is 0 Å². The maximum atomic E-state index is 3.92. The number of hydrogen-bond acceptors (Lipinski definition) is 0. The number of hydrogen-bond donors (Lipinski definition) is 0. The van der Waals surface area contributed by atoms with Crippen LogP contribution in [-0.2, 0) is 6.42 Å². The van der Waals surface area contributed by atoms with Crippen molar-refractivity contribution in [1.82, 2.24) is 0 Å². The first-order chi connectivity index (χ1) is 10.1. The molecule has 0 amide bonds. The predicted molar refractivity (Wildman–Crippen MR) is 95.6 cm³/mol. The Morgan fingerprint density at radius 2 is 1.71 bits per heavy atom. The van der Waals surface area contributed by atoms with Crippen molar-refractivity contribution >= 4 is 0 Å². The van der Waals surface area contributed by atoms with E-state index in [1.54, 1.807) is 0 Å². The van der Waals surface area contributed by atoms with Crippen molar-refractivity contribution in [2.75, 3.05) is 0 Å². The van der Waals surface area contributed by atoms with E-state index in [0.29, 0.717) is 0 Å². The van der Waals surface area contributed by atoms with Crippen LogP contribution in [0.5, 0.6) is 0 Å². The molecule has 0 aliphatic carbocycles. The summed E-state index contributed by atoms with van der Waals surface area (Å²) >= 11 is 0.